The molecular weight excluding hydrogens is 571 g/mol. The highest BCUT2D eigenvalue weighted by Crippen LogP contribution is 2.39. The van der Waals surface area contributed by atoms with E-state index in [1.54, 1.807) is 25.1 Å². The summed E-state index contributed by atoms with van der Waals surface area (Å²) in [7, 11) is 0. The third-order valence-corrected chi connectivity index (χ3v) is 8.26. The number of amides is 2. The van der Waals surface area contributed by atoms with Gasteiger partial charge in [-0.2, -0.15) is 4.98 Å². The molecular formula is C32H31FN4O5S. The molecule has 0 saturated heterocycles. The molecule has 1 aromatic heterocycles. The zero-order valence-corrected chi connectivity index (χ0v) is 24.5. The van der Waals surface area contributed by atoms with E-state index in [0.717, 1.165) is 16.7 Å². The van der Waals surface area contributed by atoms with Crippen molar-refractivity contribution >= 4 is 23.6 Å². The summed E-state index contributed by atoms with van der Waals surface area (Å²) in [5.74, 6) is 2.32. The van der Waals surface area contributed by atoms with Crippen LogP contribution in [-0.4, -0.2) is 52.3 Å². The van der Waals surface area contributed by atoms with Gasteiger partial charge in [-0.05, 0) is 78.4 Å². The molecule has 0 spiro atoms. The first kappa shape index (κ1) is 28.7. The SMILES string of the molecule is Cc1noc(CSCC(=O)N2CCc3cc4ccc3C2c2cccc(c2)OCCCNC(=O)Cc2ccc(F)c(c2)O4)n1. The Morgan fingerprint density at radius 3 is 2.91 bits per heavy atom. The van der Waals surface area contributed by atoms with E-state index in [-0.39, 0.29) is 35.8 Å². The Hall–Kier alpha value is -4.38. The highest BCUT2D eigenvalue weighted by Gasteiger charge is 2.32. The van der Waals surface area contributed by atoms with Gasteiger partial charge in [0, 0.05) is 13.1 Å². The van der Waals surface area contributed by atoms with Crippen molar-refractivity contribution < 1.29 is 28.0 Å². The topological polar surface area (TPSA) is 107 Å². The monoisotopic (exact) mass is 602 g/mol. The van der Waals surface area contributed by atoms with Crippen molar-refractivity contribution in [3.8, 4) is 17.2 Å². The predicted molar refractivity (Wildman–Crippen MR) is 159 cm³/mol. The molecule has 7 rings (SSSR count). The zero-order chi connectivity index (χ0) is 29.8. The molecule has 9 nitrogen and oxygen atoms in total. The van der Waals surface area contributed by atoms with Crippen LogP contribution in [0.25, 0.3) is 0 Å². The van der Waals surface area contributed by atoms with Crippen LogP contribution in [0.15, 0.2) is 65.2 Å². The average Bonchev–Trinajstić information content (AvgIpc) is 3.42. The molecule has 0 radical (unpaired) electrons. The molecule has 2 amide bonds. The maximum atomic E-state index is 14.7. The molecule has 4 heterocycles. The molecule has 43 heavy (non-hydrogen) atoms. The van der Waals surface area contributed by atoms with Gasteiger partial charge in [-0.15, -0.1) is 11.8 Å². The molecule has 3 aliphatic heterocycles. The summed E-state index contributed by atoms with van der Waals surface area (Å²) < 4.78 is 31.9. The zero-order valence-electron chi connectivity index (χ0n) is 23.7. The van der Waals surface area contributed by atoms with Gasteiger partial charge in [0.1, 0.15) is 11.5 Å². The summed E-state index contributed by atoms with van der Waals surface area (Å²) in [6.07, 6.45) is 1.34. The molecule has 0 aliphatic carbocycles. The molecule has 1 N–H and O–H groups in total. The van der Waals surface area contributed by atoms with Gasteiger partial charge in [0.05, 0.1) is 30.6 Å². The first-order valence-corrected chi connectivity index (χ1v) is 15.3. The third-order valence-electron chi connectivity index (χ3n) is 7.36. The number of hydrogen-bond acceptors (Lipinski definition) is 8. The van der Waals surface area contributed by atoms with Crippen molar-refractivity contribution in [1.29, 1.82) is 0 Å². The summed E-state index contributed by atoms with van der Waals surface area (Å²) in [6, 6.07) is 17.5. The Kier molecular flexibility index (Phi) is 8.59. The van der Waals surface area contributed by atoms with Crippen molar-refractivity contribution in [1.82, 2.24) is 20.4 Å². The number of hydrogen-bond donors (Lipinski definition) is 1. The van der Waals surface area contributed by atoms with Gasteiger partial charge in [0.2, 0.25) is 17.7 Å². The number of aryl methyl sites for hydroxylation is 1. The Labute approximate surface area is 252 Å². The van der Waals surface area contributed by atoms with Gasteiger partial charge in [0.25, 0.3) is 0 Å². The third kappa shape index (κ3) is 6.83. The average molecular weight is 603 g/mol. The maximum absolute atomic E-state index is 14.7. The fraction of sp³-hybridized carbons (Fsp3) is 0.312. The highest BCUT2D eigenvalue weighted by atomic mass is 32.2. The minimum atomic E-state index is -0.510. The van der Waals surface area contributed by atoms with Crippen molar-refractivity contribution in [3.63, 3.8) is 0 Å². The lowest BCUT2D eigenvalue weighted by molar-refractivity contribution is -0.130. The summed E-state index contributed by atoms with van der Waals surface area (Å²) in [5.41, 5.74) is 3.56. The number of nitrogens with zero attached hydrogens (tertiary/aromatic N) is 3. The number of carbonyl (C=O) groups is 2. The van der Waals surface area contributed by atoms with Gasteiger partial charge >= 0.3 is 0 Å². The molecule has 222 valence electrons. The van der Waals surface area contributed by atoms with Crippen LogP contribution in [0, 0.1) is 12.7 Å². The van der Waals surface area contributed by atoms with Crippen molar-refractivity contribution in [2.45, 2.75) is 38.0 Å². The van der Waals surface area contributed by atoms with Gasteiger partial charge in [-0.3, -0.25) is 9.59 Å². The number of benzene rings is 3. The van der Waals surface area contributed by atoms with Crippen LogP contribution >= 0.6 is 11.8 Å². The van der Waals surface area contributed by atoms with Crippen LogP contribution in [0.4, 0.5) is 4.39 Å². The molecule has 11 heteroatoms. The Morgan fingerprint density at radius 1 is 1.14 bits per heavy atom. The fourth-order valence-electron chi connectivity index (χ4n) is 5.38. The molecule has 1 atom stereocenters. The minimum Gasteiger partial charge on any atom is -0.494 e. The first-order valence-electron chi connectivity index (χ1n) is 14.2. The second kappa shape index (κ2) is 12.9. The largest absolute Gasteiger partial charge is 0.494 e. The van der Waals surface area contributed by atoms with Crippen LogP contribution in [0.5, 0.6) is 17.2 Å². The summed E-state index contributed by atoms with van der Waals surface area (Å²) in [5, 5.41) is 6.70. The molecule has 1 unspecified atom stereocenters. The number of fused-ring (bicyclic) bond motifs is 7. The highest BCUT2D eigenvalue weighted by molar-refractivity contribution is 7.99. The van der Waals surface area contributed by atoms with Gasteiger partial charge in [-0.25, -0.2) is 4.39 Å². The predicted octanol–water partition coefficient (Wildman–Crippen LogP) is 5.16. The van der Waals surface area contributed by atoms with Crippen molar-refractivity contribution in [2.75, 3.05) is 25.4 Å². The van der Waals surface area contributed by atoms with Crippen LogP contribution in [-0.2, 0) is 28.2 Å². The normalized spacial score (nSPS) is 16.7. The number of rotatable bonds is 4. The van der Waals surface area contributed by atoms with E-state index >= 15 is 0 Å². The van der Waals surface area contributed by atoms with Gasteiger partial charge in [0.15, 0.2) is 17.4 Å². The van der Waals surface area contributed by atoms with Crippen LogP contribution in [0.2, 0.25) is 0 Å². The quantitative estimate of drug-likeness (QED) is 0.342. The number of halogens is 1. The van der Waals surface area contributed by atoms with E-state index in [9.17, 15) is 14.0 Å². The Balaban J connectivity index is 1.32. The number of nitrogens with one attached hydrogen (secondary N) is 1. The van der Waals surface area contributed by atoms with Crippen LogP contribution in [0.1, 0.15) is 46.4 Å². The number of ether oxygens (including phenoxy) is 2. The van der Waals surface area contributed by atoms with E-state index in [1.807, 2.05) is 41.3 Å². The van der Waals surface area contributed by atoms with Crippen LogP contribution in [0.3, 0.4) is 0 Å². The lowest BCUT2D eigenvalue weighted by Gasteiger charge is -2.38. The van der Waals surface area contributed by atoms with E-state index in [0.29, 0.717) is 67.1 Å². The molecule has 3 aliphatic rings. The molecule has 0 saturated carbocycles. The van der Waals surface area contributed by atoms with Crippen LogP contribution < -0.4 is 14.8 Å². The Bertz CT molecular complexity index is 1640. The van der Waals surface area contributed by atoms with Gasteiger partial charge < -0.3 is 24.2 Å². The maximum Gasteiger partial charge on any atom is 0.236 e. The Morgan fingerprint density at radius 2 is 2.05 bits per heavy atom. The number of thioether (sulfide) groups is 1. The van der Waals surface area contributed by atoms with Crippen molar-refractivity contribution in [2.24, 2.45) is 0 Å². The van der Waals surface area contributed by atoms with E-state index in [1.165, 1.54) is 17.8 Å². The molecule has 4 aromatic rings. The standard InChI is InChI=1S/C32H31FN4O5S/c1-20-35-30(42-36-20)18-43-19-31(39)37-12-10-22-16-25-7-8-26(22)32(37)23-4-2-5-24(17-23)40-13-3-11-34-29(38)15-21-6-9-27(33)28(14-21)41-25/h2,4-9,14,16-17,32H,3,10-13,15,18-19H2,1H3,(H,34,38). The second-order valence-corrected chi connectivity index (χ2v) is 11.5. The first-order chi connectivity index (χ1) is 20.9. The summed E-state index contributed by atoms with van der Waals surface area (Å²) in [6.45, 7) is 3.12. The van der Waals surface area contributed by atoms with Crippen molar-refractivity contribution in [3.05, 3.63) is 100 Å². The lowest BCUT2D eigenvalue weighted by atomic mass is 9.88. The fourth-order valence-corrected chi connectivity index (χ4v) is 6.11. The molecule has 0 fully saturated rings. The lowest BCUT2D eigenvalue weighted by Crippen LogP contribution is -2.41. The summed E-state index contributed by atoms with van der Waals surface area (Å²) in [4.78, 5) is 32.2. The summed E-state index contributed by atoms with van der Waals surface area (Å²) >= 11 is 1.43. The number of carbonyl (C=O) groups excluding carboxylic acids is 2. The molecule has 8 bridgehead atoms. The number of aromatic nitrogens is 2. The second-order valence-electron chi connectivity index (χ2n) is 10.5. The van der Waals surface area contributed by atoms with E-state index in [4.69, 9.17) is 14.0 Å². The van der Waals surface area contributed by atoms with Gasteiger partial charge in [-0.1, -0.05) is 29.4 Å². The smallest absolute Gasteiger partial charge is 0.236 e. The van der Waals surface area contributed by atoms with E-state index < -0.39 is 5.82 Å². The minimum absolute atomic E-state index is 0.00319. The molecule has 3 aromatic carbocycles. The van der Waals surface area contributed by atoms with E-state index in [2.05, 4.69) is 15.5 Å².